The van der Waals surface area contributed by atoms with Crippen LogP contribution in [-0.4, -0.2) is 18.7 Å². The zero-order valence-corrected chi connectivity index (χ0v) is 9.55. The molecule has 0 spiro atoms. The Balaban J connectivity index is 2.32. The van der Waals surface area contributed by atoms with Crippen LogP contribution in [0.2, 0.25) is 0 Å². The summed E-state index contributed by atoms with van der Waals surface area (Å²) in [7, 11) is 0. The molecule has 5 heteroatoms. The van der Waals surface area contributed by atoms with Crippen molar-refractivity contribution in [3.63, 3.8) is 0 Å². The van der Waals surface area contributed by atoms with E-state index in [1.165, 1.54) is 6.92 Å². The van der Waals surface area contributed by atoms with Crippen molar-refractivity contribution in [1.82, 2.24) is 0 Å². The number of esters is 1. The summed E-state index contributed by atoms with van der Waals surface area (Å²) in [5, 5.41) is 8.45. The van der Waals surface area contributed by atoms with Gasteiger partial charge in [-0.05, 0) is 19.1 Å². The molecule has 2 N–H and O–H groups in total. The number of nitrogen functional groups attached to an aromatic ring is 1. The summed E-state index contributed by atoms with van der Waals surface area (Å²) in [6.45, 7) is 1.68. The number of benzene rings is 1. The second-order valence-electron chi connectivity index (χ2n) is 3.40. The van der Waals surface area contributed by atoms with Crippen LogP contribution in [0, 0.1) is 11.3 Å². The van der Waals surface area contributed by atoms with Crippen LogP contribution >= 0.6 is 0 Å². The topological polar surface area (TPSA) is 85.3 Å². The Hall–Kier alpha value is -2.22. The average Bonchev–Trinajstić information content (AvgIpc) is 2.31. The smallest absolute Gasteiger partial charge is 0.310 e. The van der Waals surface area contributed by atoms with Gasteiger partial charge in [0, 0.05) is 0 Å². The molecule has 17 heavy (non-hydrogen) atoms. The van der Waals surface area contributed by atoms with Crippen molar-refractivity contribution >= 4 is 11.7 Å². The van der Waals surface area contributed by atoms with Crippen LogP contribution in [0.5, 0.6) is 5.75 Å². The van der Waals surface area contributed by atoms with Crippen molar-refractivity contribution in [3.05, 3.63) is 24.3 Å². The predicted molar refractivity (Wildman–Crippen MR) is 62.1 cm³/mol. The summed E-state index contributed by atoms with van der Waals surface area (Å²) in [4.78, 5) is 11.2. The van der Waals surface area contributed by atoms with Gasteiger partial charge in [-0.2, -0.15) is 5.26 Å². The first-order valence-corrected chi connectivity index (χ1v) is 5.20. The molecule has 0 amide bonds. The summed E-state index contributed by atoms with van der Waals surface area (Å²) in [6.07, 6.45) is -0.648. The van der Waals surface area contributed by atoms with Gasteiger partial charge in [0.2, 0.25) is 0 Å². The average molecular weight is 234 g/mol. The number of nitriles is 1. The lowest BCUT2D eigenvalue weighted by atomic mass is 10.3. The van der Waals surface area contributed by atoms with Crippen LogP contribution in [0.15, 0.2) is 24.3 Å². The molecule has 0 aliphatic carbocycles. The van der Waals surface area contributed by atoms with E-state index in [1.54, 1.807) is 24.3 Å². The molecule has 0 aromatic heterocycles. The second kappa shape index (κ2) is 6.38. The fraction of sp³-hybridized carbons (Fsp3) is 0.333. The number of para-hydroxylation sites is 2. The van der Waals surface area contributed by atoms with Gasteiger partial charge in [0.25, 0.3) is 0 Å². The Morgan fingerprint density at radius 2 is 2.24 bits per heavy atom. The van der Waals surface area contributed by atoms with Crippen molar-refractivity contribution in [3.8, 4) is 11.8 Å². The lowest BCUT2D eigenvalue weighted by Gasteiger charge is -2.09. The Bertz CT molecular complexity index is 426. The highest BCUT2D eigenvalue weighted by Crippen LogP contribution is 2.19. The van der Waals surface area contributed by atoms with Crippen molar-refractivity contribution in [2.75, 3.05) is 12.3 Å². The Morgan fingerprint density at radius 3 is 2.88 bits per heavy atom. The zero-order chi connectivity index (χ0) is 12.7. The highest BCUT2D eigenvalue weighted by Gasteiger charge is 2.08. The van der Waals surface area contributed by atoms with Crippen molar-refractivity contribution in [1.29, 1.82) is 5.26 Å². The van der Waals surface area contributed by atoms with E-state index in [9.17, 15) is 4.79 Å². The molecule has 0 aliphatic rings. The van der Waals surface area contributed by atoms with Gasteiger partial charge in [-0.15, -0.1) is 0 Å². The monoisotopic (exact) mass is 234 g/mol. The molecule has 0 bridgehead atoms. The molecular weight excluding hydrogens is 220 g/mol. The molecule has 90 valence electrons. The summed E-state index contributed by atoms with van der Waals surface area (Å²) >= 11 is 0. The van der Waals surface area contributed by atoms with E-state index < -0.39 is 12.1 Å². The first kappa shape index (κ1) is 12.8. The molecule has 0 radical (unpaired) electrons. The van der Waals surface area contributed by atoms with Gasteiger partial charge in [0.1, 0.15) is 11.8 Å². The fourth-order valence-electron chi connectivity index (χ4n) is 1.14. The van der Waals surface area contributed by atoms with E-state index in [4.69, 9.17) is 20.5 Å². The molecule has 0 aliphatic heterocycles. The molecule has 1 atom stereocenters. The third-order valence-electron chi connectivity index (χ3n) is 1.97. The van der Waals surface area contributed by atoms with Crippen molar-refractivity contribution in [2.24, 2.45) is 0 Å². The maximum absolute atomic E-state index is 11.2. The van der Waals surface area contributed by atoms with E-state index >= 15 is 0 Å². The largest absolute Gasteiger partial charge is 0.491 e. The van der Waals surface area contributed by atoms with E-state index in [2.05, 4.69) is 0 Å². The Labute approximate surface area is 99.7 Å². The second-order valence-corrected chi connectivity index (χ2v) is 3.40. The number of anilines is 1. The molecule has 1 aromatic rings. The van der Waals surface area contributed by atoms with Gasteiger partial charge in [-0.3, -0.25) is 4.79 Å². The van der Waals surface area contributed by atoms with Gasteiger partial charge in [0.15, 0.2) is 6.10 Å². The minimum Gasteiger partial charge on any atom is -0.491 e. The standard InChI is InChI=1S/C12H14N2O3/c1-9(8-13)17-12(15)6-7-16-11-5-3-2-4-10(11)14/h2-5,9H,6-7,14H2,1H3. The molecule has 0 saturated carbocycles. The number of carbonyl (C=O) groups is 1. The number of carbonyl (C=O) groups excluding carboxylic acids is 1. The fourth-order valence-corrected chi connectivity index (χ4v) is 1.14. The number of hydrogen-bond donors (Lipinski definition) is 1. The predicted octanol–water partition coefficient (Wildman–Crippen LogP) is 1.49. The van der Waals surface area contributed by atoms with Gasteiger partial charge in [0.05, 0.1) is 18.7 Å². The number of nitrogens with two attached hydrogens (primary N) is 1. The molecule has 0 fully saturated rings. The van der Waals surface area contributed by atoms with E-state index in [1.807, 2.05) is 6.07 Å². The summed E-state index contributed by atoms with van der Waals surface area (Å²) < 4.78 is 10.1. The summed E-state index contributed by atoms with van der Waals surface area (Å²) in [5.74, 6) is 0.0715. The van der Waals surface area contributed by atoms with Crippen LogP contribution in [0.1, 0.15) is 13.3 Å². The molecule has 0 heterocycles. The maximum Gasteiger partial charge on any atom is 0.310 e. The van der Waals surface area contributed by atoms with Crippen LogP contribution in [0.25, 0.3) is 0 Å². The summed E-state index contributed by atoms with van der Waals surface area (Å²) in [5.41, 5.74) is 6.18. The first-order valence-electron chi connectivity index (χ1n) is 5.20. The van der Waals surface area contributed by atoms with Crippen LogP contribution in [-0.2, 0) is 9.53 Å². The normalized spacial score (nSPS) is 11.3. The number of hydrogen-bond acceptors (Lipinski definition) is 5. The number of rotatable bonds is 5. The molecular formula is C12H14N2O3. The molecule has 1 rings (SSSR count). The van der Waals surface area contributed by atoms with E-state index in [-0.39, 0.29) is 13.0 Å². The summed E-state index contributed by atoms with van der Waals surface area (Å²) in [6, 6.07) is 8.83. The molecule has 5 nitrogen and oxygen atoms in total. The van der Waals surface area contributed by atoms with Gasteiger partial charge in [-0.1, -0.05) is 12.1 Å². The van der Waals surface area contributed by atoms with E-state index in [0.717, 1.165) is 0 Å². The lowest BCUT2D eigenvalue weighted by molar-refractivity contribution is -0.146. The third kappa shape index (κ3) is 4.43. The Kier molecular flexibility index (Phi) is 4.82. The molecule has 0 saturated heterocycles. The third-order valence-corrected chi connectivity index (χ3v) is 1.97. The highest BCUT2D eigenvalue weighted by molar-refractivity contribution is 5.70. The van der Waals surface area contributed by atoms with Gasteiger partial charge in [-0.25, -0.2) is 0 Å². The lowest BCUT2D eigenvalue weighted by Crippen LogP contribution is -2.15. The van der Waals surface area contributed by atoms with Gasteiger partial charge < -0.3 is 15.2 Å². The molecule has 1 unspecified atom stereocenters. The van der Waals surface area contributed by atoms with Crippen molar-refractivity contribution in [2.45, 2.75) is 19.4 Å². The number of nitrogens with zero attached hydrogens (tertiary/aromatic N) is 1. The van der Waals surface area contributed by atoms with Crippen LogP contribution < -0.4 is 10.5 Å². The zero-order valence-electron chi connectivity index (χ0n) is 9.55. The van der Waals surface area contributed by atoms with Gasteiger partial charge >= 0.3 is 5.97 Å². The quantitative estimate of drug-likeness (QED) is 0.616. The van der Waals surface area contributed by atoms with E-state index in [0.29, 0.717) is 11.4 Å². The highest BCUT2D eigenvalue weighted by atomic mass is 16.5. The van der Waals surface area contributed by atoms with Crippen LogP contribution in [0.3, 0.4) is 0 Å². The molecule has 1 aromatic carbocycles. The van der Waals surface area contributed by atoms with Crippen LogP contribution in [0.4, 0.5) is 5.69 Å². The van der Waals surface area contributed by atoms with Crippen molar-refractivity contribution < 1.29 is 14.3 Å². The Morgan fingerprint density at radius 1 is 1.53 bits per heavy atom. The minimum atomic E-state index is -0.732. The SMILES string of the molecule is CC(C#N)OC(=O)CCOc1ccccc1N. The maximum atomic E-state index is 11.2. The number of ether oxygens (including phenoxy) is 2. The first-order chi connectivity index (χ1) is 8.13. The minimum absolute atomic E-state index is 0.0837.